The molecule has 2 aromatic rings. The Hall–Kier alpha value is -2.02. The molecule has 0 aliphatic heterocycles. The quantitative estimate of drug-likeness (QED) is 0.871. The minimum absolute atomic E-state index is 0.0151. The fraction of sp³-hybridized carbons (Fsp3) is 0.231. The molecule has 0 fully saturated rings. The average molecular weight is 340 g/mol. The van der Waals surface area contributed by atoms with Gasteiger partial charge in [0, 0.05) is 18.9 Å². The average Bonchev–Trinajstić information content (AvgIpc) is 2.47. The zero-order valence-electron chi connectivity index (χ0n) is 11.1. The van der Waals surface area contributed by atoms with E-state index in [1.54, 1.807) is 24.5 Å². The van der Waals surface area contributed by atoms with Gasteiger partial charge in [-0.3, -0.25) is 0 Å². The molecular weight excluding hydrogens is 326 g/mol. The second-order valence-electron chi connectivity index (χ2n) is 3.93. The van der Waals surface area contributed by atoms with Crippen LogP contribution >= 0.6 is 15.9 Å². The lowest BCUT2D eigenvalue weighted by molar-refractivity contribution is 0.339. The highest BCUT2D eigenvalue weighted by molar-refractivity contribution is 9.10. The van der Waals surface area contributed by atoms with Crippen molar-refractivity contribution in [1.29, 1.82) is 0 Å². The number of benzene rings is 1. The lowest BCUT2D eigenvalue weighted by Gasteiger charge is -2.11. The number of ether oxygens (including phenoxy) is 2. The van der Waals surface area contributed by atoms with Crippen molar-refractivity contribution in [2.75, 3.05) is 19.5 Å². The zero-order valence-corrected chi connectivity index (χ0v) is 12.6. The molecule has 0 unspecified atom stereocenters. The minimum Gasteiger partial charge on any atom is -0.502 e. The molecule has 0 aliphatic rings. The molecule has 0 amide bonds. The molecular formula is C13H14BrN3O3. The summed E-state index contributed by atoms with van der Waals surface area (Å²) < 4.78 is 11.0. The van der Waals surface area contributed by atoms with Crippen LogP contribution in [0.25, 0.3) is 0 Å². The van der Waals surface area contributed by atoms with Crippen LogP contribution < -0.4 is 14.8 Å². The van der Waals surface area contributed by atoms with Crippen molar-refractivity contribution in [3.8, 4) is 17.2 Å². The summed E-state index contributed by atoms with van der Waals surface area (Å²) in [6.07, 6.45) is 3.32. The Morgan fingerprint density at radius 3 is 2.20 bits per heavy atom. The number of hydrogen-bond donors (Lipinski definition) is 2. The maximum atomic E-state index is 9.83. The van der Waals surface area contributed by atoms with E-state index in [-0.39, 0.29) is 5.75 Å². The van der Waals surface area contributed by atoms with Crippen molar-refractivity contribution in [2.45, 2.75) is 6.54 Å². The predicted octanol–water partition coefficient (Wildman–Crippen LogP) is 2.57. The van der Waals surface area contributed by atoms with Gasteiger partial charge in [-0.1, -0.05) is 0 Å². The Bertz CT molecular complexity index is 565. The normalized spacial score (nSPS) is 10.2. The van der Waals surface area contributed by atoms with Gasteiger partial charge >= 0.3 is 0 Å². The highest BCUT2D eigenvalue weighted by Crippen LogP contribution is 2.37. The molecule has 0 spiro atoms. The third-order valence-electron chi connectivity index (χ3n) is 2.61. The van der Waals surface area contributed by atoms with E-state index in [9.17, 15) is 5.11 Å². The summed E-state index contributed by atoms with van der Waals surface area (Å²) in [7, 11) is 2.98. The van der Waals surface area contributed by atoms with Crippen LogP contribution in [0.1, 0.15) is 5.56 Å². The molecule has 0 atom stereocenters. The van der Waals surface area contributed by atoms with Crippen LogP contribution in [0.3, 0.4) is 0 Å². The minimum atomic E-state index is -0.0151. The predicted molar refractivity (Wildman–Crippen MR) is 78.3 cm³/mol. The van der Waals surface area contributed by atoms with E-state index in [4.69, 9.17) is 9.47 Å². The first-order valence-corrected chi connectivity index (χ1v) is 6.58. The molecule has 2 rings (SSSR count). The molecule has 20 heavy (non-hydrogen) atoms. The van der Waals surface area contributed by atoms with Gasteiger partial charge in [0.1, 0.15) is 0 Å². The van der Waals surface area contributed by atoms with Gasteiger partial charge in [-0.25, -0.2) is 9.97 Å². The number of nitrogens with zero attached hydrogens (tertiary/aromatic N) is 2. The number of nitrogens with one attached hydrogen (secondary N) is 1. The van der Waals surface area contributed by atoms with Crippen molar-refractivity contribution in [3.63, 3.8) is 0 Å². The SMILES string of the molecule is COc1cc(CNc2ncc(Br)cn2)cc(OC)c1O. The molecule has 1 aromatic heterocycles. The zero-order chi connectivity index (χ0) is 14.5. The van der Waals surface area contributed by atoms with Gasteiger partial charge in [0.2, 0.25) is 11.7 Å². The molecule has 7 heteroatoms. The first-order chi connectivity index (χ1) is 9.63. The summed E-state index contributed by atoms with van der Waals surface area (Å²) in [5, 5.41) is 12.9. The fourth-order valence-corrected chi connectivity index (χ4v) is 1.84. The fourth-order valence-electron chi connectivity index (χ4n) is 1.63. The Morgan fingerprint density at radius 1 is 1.15 bits per heavy atom. The second-order valence-corrected chi connectivity index (χ2v) is 4.84. The van der Waals surface area contributed by atoms with Crippen LogP contribution in [-0.2, 0) is 6.54 Å². The number of rotatable bonds is 5. The van der Waals surface area contributed by atoms with Gasteiger partial charge in [0.15, 0.2) is 11.5 Å². The second kappa shape index (κ2) is 6.42. The van der Waals surface area contributed by atoms with Crippen LogP contribution in [0.15, 0.2) is 29.0 Å². The van der Waals surface area contributed by atoms with E-state index < -0.39 is 0 Å². The third-order valence-corrected chi connectivity index (χ3v) is 3.02. The van der Waals surface area contributed by atoms with Gasteiger partial charge in [-0.2, -0.15) is 0 Å². The van der Waals surface area contributed by atoms with Crippen molar-refractivity contribution in [2.24, 2.45) is 0 Å². The summed E-state index contributed by atoms with van der Waals surface area (Å²) in [5.74, 6) is 1.22. The molecule has 0 bridgehead atoms. The van der Waals surface area contributed by atoms with Crippen LogP contribution in [0, 0.1) is 0 Å². The molecule has 2 N–H and O–H groups in total. The van der Waals surface area contributed by atoms with Crippen molar-refractivity contribution in [3.05, 3.63) is 34.6 Å². The molecule has 106 valence electrons. The lowest BCUT2D eigenvalue weighted by atomic mass is 10.2. The number of halogens is 1. The Balaban J connectivity index is 2.14. The molecule has 1 aromatic carbocycles. The third kappa shape index (κ3) is 3.30. The lowest BCUT2D eigenvalue weighted by Crippen LogP contribution is -2.04. The number of aromatic nitrogens is 2. The number of aromatic hydroxyl groups is 1. The highest BCUT2D eigenvalue weighted by atomic mass is 79.9. The molecule has 0 radical (unpaired) electrons. The maximum Gasteiger partial charge on any atom is 0.222 e. The van der Waals surface area contributed by atoms with Crippen molar-refractivity contribution >= 4 is 21.9 Å². The van der Waals surface area contributed by atoms with Crippen LogP contribution in [0.2, 0.25) is 0 Å². The molecule has 0 saturated carbocycles. The van der Waals surface area contributed by atoms with E-state index in [1.807, 2.05) is 0 Å². The monoisotopic (exact) mass is 339 g/mol. The Labute approximate surface area is 124 Å². The molecule has 6 nitrogen and oxygen atoms in total. The summed E-state index contributed by atoms with van der Waals surface area (Å²) in [6.45, 7) is 0.481. The number of phenols is 1. The van der Waals surface area contributed by atoms with E-state index in [1.165, 1.54) is 14.2 Å². The number of hydrogen-bond acceptors (Lipinski definition) is 6. The highest BCUT2D eigenvalue weighted by Gasteiger charge is 2.11. The summed E-state index contributed by atoms with van der Waals surface area (Å²) in [4.78, 5) is 8.23. The van der Waals surface area contributed by atoms with Crippen LogP contribution in [0.4, 0.5) is 5.95 Å². The Morgan fingerprint density at radius 2 is 1.70 bits per heavy atom. The number of anilines is 1. The smallest absolute Gasteiger partial charge is 0.222 e. The first-order valence-electron chi connectivity index (χ1n) is 5.79. The summed E-state index contributed by atoms with van der Waals surface area (Å²) >= 11 is 3.27. The van der Waals surface area contributed by atoms with E-state index in [0.29, 0.717) is 24.0 Å². The van der Waals surface area contributed by atoms with Crippen LogP contribution in [0.5, 0.6) is 17.2 Å². The summed E-state index contributed by atoms with van der Waals surface area (Å²) in [5.41, 5.74) is 0.878. The maximum absolute atomic E-state index is 9.83. The van der Waals surface area contributed by atoms with Crippen LogP contribution in [-0.4, -0.2) is 29.3 Å². The molecule has 0 aliphatic carbocycles. The van der Waals surface area contributed by atoms with E-state index >= 15 is 0 Å². The van der Waals surface area contributed by atoms with Gasteiger partial charge in [0.05, 0.1) is 18.7 Å². The van der Waals surface area contributed by atoms with Crippen molar-refractivity contribution in [1.82, 2.24) is 9.97 Å². The van der Waals surface area contributed by atoms with Crippen molar-refractivity contribution < 1.29 is 14.6 Å². The van der Waals surface area contributed by atoms with E-state index in [2.05, 4.69) is 31.2 Å². The first kappa shape index (κ1) is 14.4. The molecule has 1 heterocycles. The number of phenolic OH excluding ortho intramolecular Hbond substituents is 1. The summed E-state index contributed by atoms with van der Waals surface area (Å²) in [6, 6.07) is 3.45. The largest absolute Gasteiger partial charge is 0.502 e. The van der Waals surface area contributed by atoms with Gasteiger partial charge in [-0.15, -0.1) is 0 Å². The number of methoxy groups -OCH3 is 2. The van der Waals surface area contributed by atoms with Gasteiger partial charge in [0.25, 0.3) is 0 Å². The van der Waals surface area contributed by atoms with E-state index in [0.717, 1.165) is 10.0 Å². The molecule has 0 saturated heterocycles. The van der Waals surface area contributed by atoms with Gasteiger partial charge in [-0.05, 0) is 33.6 Å². The standard InChI is InChI=1S/C13H14BrN3O3/c1-19-10-3-8(4-11(20-2)12(10)18)5-15-13-16-6-9(14)7-17-13/h3-4,6-7,18H,5H2,1-2H3,(H,15,16,17). The van der Waals surface area contributed by atoms with Gasteiger partial charge < -0.3 is 19.9 Å². The topological polar surface area (TPSA) is 76.5 Å². The Kier molecular flexibility index (Phi) is 4.62.